The molecule has 3 rings (SSSR count). The van der Waals surface area contributed by atoms with E-state index in [2.05, 4.69) is 15.9 Å². The molecule has 0 amide bonds. The lowest BCUT2D eigenvalue weighted by Crippen LogP contribution is -2.46. The minimum Gasteiger partial charge on any atom is -0.207 e. The van der Waals surface area contributed by atoms with Crippen molar-refractivity contribution in [1.82, 2.24) is 4.31 Å². The SMILES string of the molecule is O=S(=O)(c1cccc(Br)c1)N1C2CCC1CC(Cl)C2. The van der Waals surface area contributed by atoms with Crippen LogP contribution in [-0.2, 0) is 10.0 Å². The third-order valence-electron chi connectivity index (χ3n) is 3.98. The molecule has 2 fully saturated rings. The quantitative estimate of drug-likeness (QED) is 0.755. The summed E-state index contributed by atoms with van der Waals surface area (Å²) in [6, 6.07) is 7.06. The van der Waals surface area contributed by atoms with Gasteiger partial charge in [-0.15, -0.1) is 11.6 Å². The highest BCUT2D eigenvalue weighted by molar-refractivity contribution is 9.10. The number of halogens is 2. The normalized spacial score (nSPS) is 31.6. The third kappa shape index (κ3) is 2.46. The molecule has 1 aromatic rings. The summed E-state index contributed by atoms with van der Waals surface area (Å²) < 4.78 is 28.0. The van der Waals surface area contributed by atoms with Crippen molar-refractivity contribution >= 4 is 37.6 Å². The number of hydrogen-bond acceptors (Lipinski definition) is 2. The molecule has 0 saturated carbocycles. The van der Waals surface area contributed by atoms with Gasteiger partial charge in [0, 0.05) is 21.9 Å². The van der Waals surface area contributed by atoms with Gasteiger partial charge >= 0.3 is 0 Å². The maximum Gasteiger partial charge on any atom is 0.243 e. The van der Waals surface area contributed by atoms with E-state index in [1.165, 1.54) is 0 Å². The topological polar surface area (TPSA) is 37.4 Å². The second kappa shape index (κ2) is 5.02. The summed E-state index contributed by atoms with van der Waals surface area (Å²) in [6.45, 7) is 0. The number of rotatable bonds is 2. The largest absolute Gasteiger partial charge is 0.243 e. The fourth-order valence-corrected chi connectivity index (χ4v) is 6.11. The van der Waals surface area contributed by atoms with E-state index < -0.39 is 10.0 Å². The smallest absolute Gasteiger partial charge is 0.207 e. The van der Waals surface area contributed by atoms with Crippen molar-refractivity contribution in [3.05, 3.63) is 28.7 Å². The van der Waals surface area contributed by atoms with Crippen molar-refractivity contribution in [2.45, 2.75) is 48.0 Å². The zero-order chi connectivity index (χ0) is 13.6. The van der Waals surface area contributed by atoms with E-state index in [1.807, 2.05) is 6.07 Å². The van der Waals surface area contributed by atoms with E-state index in [9.17, 15) is 8.42 Å². The van der Waals surface area contributed by atoms with Gasteiger partial charge in [0.15, 0.2) is 0 Å². The van der Waals surface area contributed by atoms with Crippen LogP contribution in [0.4, 0.5) is 0 Å². The first-order valence-corrected chi connectivity index (χ1v) is 9.08. The minimum atomic E-state index is -3.40. The highest BCUT2D eigenvalue weighted by Gasteiger charge is 2.46. The lowest BCUT2D eigenvalue weighted by Gasteiger charge is -2.35. The van der Waals surface area contributed by atoms with Gasteiger partial charge in [-0.05, 0) is 43.9 Å². The van der Waals surface area contributed by atoms with Crippen molar-refractivity contribution in [3.8, 4) is 0 Å². The zero-order valence-corrected chi connectivity index (χ0v) is 13.5. The fraction of sp³-hybridized carbons (Fsp3) is 0.538. The summed E-state index contributed by atoms with van der Waals surface area (Å²) in [7, 11) is -3.40. The van der Waals surface area contributed by atoms with Crippen molar-refractivity contribution in [3.63, 3.8) is 0 Å². The lowest BCUT2D eigenvalue weighted by atomic mass is 10.1. The Kier molecular flexibility index (Phi) is 3.67. The average Bonchev–Trinajstić information content (AvgIpc) is 2.63. The number of sulfonamides is 1. The van der Waals surface area contributed by atoms with Gasteiger partial charge in [-0.3, -0.25) is 0 Å². The van der Waals surface area contributed by atoms with Gasteiger partial charge in [0.25, 0.3) is 0 Å². The maximum absolute atomic E-state index is 12.8. The molecule has 2 saturated heterocycles. The molecule has 6 heteroatoms. The Hall–Kier alpha value is -0.100. The van der Waals surface area contributed by atoms with E-state index in [1.54, 1.807) is 22.5 Å². The van der Waals surface area contributed by atoms with Crippen LogP contribution in [0.15, 0.2) is 33.6 Å². The van der Waals surface area contributed by atoms with Gasteiger partial charge < -0.3 is 0 Å². The van der Waals surface area contributed by atoms with Crippen LogP contribution in [0.2, 0.25) is 0 Å². The average molecular weight is 365 g/mol. The molecule has 2 bridgehead atoms. The molecular weight excluding hydrogens is 350 g/mol. The van der Waals surface area contributed by atoms with Crippen molar-refractivity contribution in [2.75, 3.05) is 0 Å². The lowest BCUT2D eigenvalue weighted by molar-refractivity contribution is 0.251. The van der Waals surface area contributed by atoms with Crippen LogP contribution in [0.3, 0.4) is 0 Å². The number of benzene rings is 1. The predicted octanol–water partition coefficient (Wildman–Crippen LogP) is 3.37. The summed E-state index contributed by atoms with van der Waals surface area (Å²) >= 11 is 9.53. The Morgan fingerprint density at radius 3 is 2.42 bits per heavy atom. The van der Waals surface area contributed by atoms with Crippen LogP contribution in [0.1, 0.15) is 25.7 Å². The Balaban J connectivity index is 1.98. The molecule has 2 aliphatic heterocycles. The van der Waals surface area contributed by atoms with Crippen LogP contribution in [0.5, 0.6) is 0 Å². The molecule has 0 N–H and O–H groups in total. The molecule has 0 aromatic heterocycles. The molecule has 2 aliphatic rings. The second-order valence-electron chi connectivity index (χ2n) is 5.25. The van der Waals surface area contributed by atoms with E-state index in [4.69, 9.17) is 11.6 Å². The van der Waals surface area contributed by atoms with Crippen molar-refractivity contribution < 1.29 is 8.42 Å². The van der Waals surface area contributed by atoms with E-state index >= 15 is 0 Å². The minimum absolute atomic E-state index is 0.0743. The number of hydrogen-bond donors (Lipinski definition) is 0. The molecule has 0 radical (unpaired) electrons. The number of fused-ring (bicyclic) bond motifs is 2. The summed E-state index contributed by atoms with van der Waals surface area (Å²) in [5, 5.41) is 0.117. The van der Waals surface area contributed by atoms with E-state index in [-0.39, 0.29) is 17.5 Å². The molecule has 2 unspecified atom stereocenters. The number of nitrogens with zero attached hydrogens (tertiary/aromatic N) is 1. The standard InChI is InChI=1S/C13H15BrClNO2S/c14-9-2-1-3-13(6-9)19(17,18)16-11-4-5-12(16)8-10(15)7-11/h1-3,6,10-12H,4-5,7-8H2. The Morgan fingerprint density at radius 1 is 1.21 bits per heavy atom. The third-order valence-corrected chi connectivity index (χ3v) is 6.83. The Bertz CT molecular complexity index is 578. The van der Waals surface area contributed by atoms with Crippen molar-refractivity contribution in [2.24, 2.45) is 0 Å². The molecule has 19 heavy (non-hydrogen) atoms. The summed E-state index contributed by atoms with van der Waals surface area (Å²) in [5.41, 5.74) is 0. The zero-order valence-electron chi connectivity index (χ0n) is 10.3. The monoisotopic (exact) mass is 363 g/mol. The van der Waals surface area contributed by atoms with Gasteiger partial charge in [-0.1, -0.05) is 22.0 Å². The molecule has 1 aromatic carbocycles. The Labute approximate surface area is 127 Å². The predicted molar refractivity (Wildman–Crippen MR) is 78.9 cm³/mol. The van der Waals surface area contributed by atoms with Gasteiger partial charge in [-0.25, -0.2) is 8.42 Å². The molecule has 0 spiro atoms. The molecule has 3 nitrogen and oxygen atoms in total. The van der Waals surface area contributed by atoms with Crippen LogP contribution in [0.25, 0.3) is 0 Å². The molecule has 2 atom stereocenters. The first-order valence-electron chi connectivity index (χ1n) is 6.41. The number of piperidine rings is 1. The fourth-order valence-electron chi connectivity index (χ4n) is 3.21. The van der Waals surface area contributed by atoms with Crippen LogP contribution in [-0.4, -0.2) is 30.2 Å². The van der Waals surface area contributed by atoms with Crippen molar-refractivity contribution in [1.29, 1.82) is 0 Å². The van der Waals surface area contributed by atoms with Gasteiger partial charge in [-0.2, -0.15) is 4.31 Å². The first-order chi connectivity index (χ1) is 8.98. The second-order valence-corrected chi connectivity index (χ2v) is 8.62. The summed E-state index contributed by atoms with van der Waals surface area (Å²) in [4.78, 5) is 0.367. The van der Waals surface area contributed by atoms with Gasteiger partial charge in [0.1, 0.15) is 0 Å². The van der Waals surface area contributed by atoms with E-state index in [0.29, 0.717) is 4.90 Å². The first kappa shape index (κ1) is 13.9. The molecule has 0 aliphatic carbocycles. The van der Waals surface area contributed by atoms with Gasteiger partial charge in [0.2, 0.25) is 10.0 Å². The Morgan fingerprint density at radius 2 is 1.84 bits per heavy atom. The van der Waals surface area contributed by atoms with Crippen LogP contribution >= 0.6 is 27.5 Å². The highest BCUT2D eigenvalue weighted by atomic mass is 79.9. The summed E-state index contributed by atoms with van der Waals surface area (Å²) in [6.07, 6.45) is 3.40. The molecule has 104 valence electrons. The molecule has 2 heterocycles. The highest BCUT2D eigenvalue weighted by Crippen LogP contribution is 2.41. The maximum atomic E-state index is 12.8. The summed E-state index contributed by atoms with van der Waals surface area (Å²) in [5.74, 6) is 0. The molecular formula is C13H15BrClNO2S. The number of alkyl halides is 1. The van der Waals surface area contributed by atoms with Crippen LogP contribution in [0, 0.1) is 0 Å². The van der Waals surface area contributed by atoms with Gasteiger partial charge in [0.05, 0.1) is 4.90 Å². The van der Waals surface area contributed by atoms with E-state index in [0.717, 1.165) is 30.2 Å². The van der Waals surface area contributed by atoms with Crippen LogP contribution < -0.4 is 0 Å².